The standard InChI is InChI=1S/C14H21F3N4/c1-8-4-5-10(9(2)6-8)19-12-7-11(14(15,16)17)20-13(18-3)21-12/h7-10H,4-6H2,1-3H3,(H2,18,19,20,21). The molecule has 0 aromatic carbocycles. The average molecular weight is 302 g/mol. The van der Waals surface area contributed by atoms with Crippen molar-refractivity contribution in [2.45, 2.75) is 45.3 Å². The van der Waals surface area contributed by atoms with Gasteiger partial charge in [0.05, 0.1) is 0 Å². The van der Waals surface area contributed by atoms with Gasteiger partial charge in [0.25, 0.3) is 0 Å². The fourth-order valence-corrected chi connectivity index (χ4v) is 2.85. The van der Waals surface area contributed by atoms with Crippen molar-refractivity contribution in [2.75, 3.05) is 17.7 Å². The van der Waals surface area contributed by atoms with Crippen LogP contribution in [0.1, 0.15) is 38.8 Å². The summed E-state index contributed by atoms with van der Waals surface area (Å²) in [5, 5.41) is 5.72. The second-order valence-corrected chi connectivity index (χ2v) is 5.86. The molecule has 4 nitrogen and oxygen atoms in total. The monoisotopic (exact) mass is 302 g/mol. The molecule has 1 saturated carbocycles. The van der Waals surface area contributed by atoms with E-state index in [1.54, 1.807) is 0 Å². The summed E-state index contributed by atoms with van der Waals surface area (Å²) in [6.07, 6.45) is -1.37. The first-order chi connectivity index (χ1) is 9.79. The number of nitrogens with zero attached hydrogens (tertiary/aromatic N) is 2. The lowest BCUT2D eigenvalue weighted by Crippen LogP contribution is -2.33. The Hall–Kier alpha value is -1.53. The summed E-state index contributed by atoms with van der Waals surface area (Å²) in [4.78, 5) is 7.54. The van der Waals surface area contributed by atoms with Gasteiger partial charge < -0.3 is 10.6 Å². The SMILES string of the molecule is CNc1nc(NC2CCC(C)CC2C)cc(C(F)(F)F)n1. The zero-order valence-corrected chi connectivity index (χ0v) is 12.5. The van der Waals surface area contributed by atoms with Crippen LogP contribution in [0.15, 0.2) is 6.07 Å². The smallest absolute Gasteiger partial charge is 0.367 e. The predicted molar refractivity (Wildman–Crippen MR) is 76.2 cm³/mol. The number of nitrogens with one attached hydrogen (secondary N) is 2. The van der Waals surface area contributed by atoms with Crippen molar-refractivity contribution in [2.24, 2.45) is 11.8 Å². The number of hydrogen-bond acceptors (Lipinski definition) is 4. The molecule has 1 fully saturated rings. The molecule has 0 bridgehead atoms. The zero-order valence-electron chi connectivity index (χ0n) is 12.5. The number of halogens is 3. The van der Waals surface area contributed by atoms with Crippen molar-refractivity contribution in [3.05, 3.63) is 11.8 Å². The largest absolute Gasteiger partial charge is 0.433 e. The Morgan fingerprint density at radius 2 is 1.90 bits per heavy atom. The van der Waals surface area contributed by atoms with Crippen LogP contribution in [-0.2, 0) is 6.18 Å². The highest BCUT2D eigenvalue weighted by Crippen LogP contribution is 2.33. The highest BCUT2D eigenvalue weighted by Gasteiger charge is 2.34. The summed E-state index contributed by atoms with van der Waals surface area (Å²) in [7, 11) is 1.50. The zero-order chi connectivity index (χ0) is 15.6. The average Bonchev–Trinajstić information content (AvgIpc) is 2.40. The van der Waals surface area contributed by atoms with Crippen molar-refractivity contribution in [1.29, 1.82) is 0 Å². The van der Waals surface area contributed by atoms with Gasteiger partial charge in [-0.1, -0.05) is 13.8 Å². The molecule has 3 unspecified atom stereocenters. The molecule has 0 amide bonds. The fourth-order valence-electron chi connectivity index (χ4n) is 2.85. The van der Waals surface area contributed by atoms with E-state index in [9.17, 15) is 13.2 Å². The summed E-state index contributed by atoms with van der Waals surface area (Å²) < 4.78 is 38.5. The first kappa shape index (κ1) is 15.9. The highest BCUT2D eigenvalue weighted by molar-refractivity contribution is 5.43. The van der Waals surface area contributed by atoms with E-state index >= 15 is 0 Å². The van der Waals surface area contributed by atoms with Crippen molar-refractivity contribution >= 4 is 11.8 Å². The van der Waals surface area contributed by atoms with E-state index in [2.05, 4.69) is 34.4 Å². The van der Waals surface area contributed by atoms with Gasteiger partial charge in [-0.05, 0) is 31.1 Å². The van der Waals surface area contributed by atoms with E-state index in [-0.39, 0.29) is 17.8 Å². The maximum Gasteiger partial charge on any atom is 0.433 e. The second-order valence-electron chi connectivity index (χ2n) is 5.86. The predicted octanol–water partition coefficient (Wildman–Crippen LogP) is 3.77. The van der Waals surface area contributed by atoms with Gasteiger partial charge in [-0.15, -0.1) is 0 Å². The summed E-state index contributed by atoms with van der Waals surface area (Å²) in [6.45, 7) is 4.33. The molecule has 0 spiro atoms. The van der Waals surface area contributed by atoms with E-state index in [1.807, 2.05) is 0 Å². The topological polar surface area (TPSA) is 49.8 Å². The number of rotatable bonds is 3. The molecule has 1 aliphatic carbocycles. The normalized spacial score (nSPS) is 26.5. The lowest BCUT2D eigenvalue weighted by Gasteiger charge is -2.33. The minimum atomic E-state index is -4.47. The van der Waals surface area contributed by atoms with Gasteiger partial charge in [-0.2, -0.15) is 18.2 Å². The maximum atomic E-state index is 12.8. The summed E-state index contributed by atoms with van der Waals surface area (Å²) >= 11 is 0. The summed E-state index contributed by atoms with van der Waals surface area (Å²) in [5.41, 5.74) is -0.929. The molecule has 1 heterocycles. The number of anilines is 2. The first-order valence-electron chi connectivity index (χ1n) is 7.20. The van der Waals surface area contributed by atoms with Crippen molar-refractivity contribution < 1.29 is 13.2 Å². The third kappa shape index (κ3) is 3.98. The first-order valence-corrected chi connectivity index (χ1v) is 7.20. The lowest BCUT2D eigenvalue weighted by atomic mass is 9.80. The van der Waals surface area contributed by atoms with Crippen molar-refractivity contribution in [3.8, 4) is 0 Å². The van der Waals surface area contributed by atoms with Crippen LogP contribution >= 0.6 is 0 Å². The van der Waals surface area contributed by atoms with Gasteiger partial charge in [0.15, 0.2) is 5.69 Å². The number of aromatic nitrogens is 2. The molecular formula is C14H21F3N4. The Labute approximate surface area is 122 Å². The Morgan fingerprint density at radius 1 is 1.19 bits per heavy atom. The van der Waals surface area contributed by atoms with Gasteiger partial charge >= 0.3 is 6.18 Å². The minimum Gasteiger partial charge on any atom is -0.367 e. The van der Waals surface area contributed by atoms with Gasteiger partial charge in [-0.25, -0.2) is 4.98 Å². The molecule has 2 rings (SSSR count). The van der Waals surface area contributed by atoms with Crippen molar-refractivity contribution in [1.82, 2.24) is 9.97 Å². The maximum absolute atomic E-state index is 12.8. The number of alkyl halides is 3. The van der Waals surface area contributed by atoms with Crippen LogP contribution in [0, 0.1) is 11.8 Å². The molecule has 0 radical (unpaired) electrons. The molecule has 1 aromatic rings. The third-order valence-corrected chi connectivity index (χ3v) is 4.00. The molecule has 0 saturated heterocycles. The molecule has 118 valence electrons. The third-order valence-electron chi connectivity index (χ3n) is 4.00. The lowest BCUT2D eigenvalue weighted by molar-refractivity contribution is -0.141. The van der Waals surface area contributed by atoms with Crippen LogP contribution < -0.4 is 10.6 Å². The summed E-state index contributed by atoms with van der Waals surface area (Å²) in [6, 6.07) is 1.13. The Balaban J connectivity index is 2.19. The highest BCUT2D eigenvalue weighted by atomic mass is 19.4. The van der Waals surface area contributed by atoms with Gasteiger partial charge in [0.2, 0.25) is 5.95 Å². The Kier molecular flexibility index (Phi) is 4.58. The second kappa shape index (κ2) is 6.07. The van der Waals surface area contributed by atoms with E-state index in [1.165, 1.54) is 7.05 Å². The van der Waals surface area contributed by atoms with E-state index in [4.69, 9.17) is 0 Å². The van der Waals surface area contributed by atoms with Crippen LogP contribution in [0.25, 0.3) is 0 Å². The van der Waals surface area contributed by atoms with Gasteiger partial charge in [0, 0.05) is 19.2 Å². The quantitative estimate of drug-likeness (QED) is 0.892. The molecular weight excluding hydrogens is 281 g/mol. The molecule has 0 aliphatic heterocycles. The van der Waals surface area contributed by atoms with Crippen molar-refractivity contribution in [3.63, 3.8) is 0 Å². The Morgan fingerprint density at radius 3 is 2.48 bits per heavy atom. The van der Waals surface area contributed by atoms with Gasteiger partial charge in [0.1, 0.15) is 5.82 Å². The van der Waals surface area contributed by atoms with E-state index < -0.39 is 11.9 Å². The van der Waals surface area contributed by atoms with E-state index in [0.29, 0.717) is 11.8 Å². The van der Waals surface area contributed by atoms with Crippen LogP contribution in [0.2, 0.25) is 0 Å². The van der Waals surface area contributed by atoms with Crippen LogP contribution in [-0.4, -0.2) is 23.1 Å². The minimum absolute atomic E-state index is 0.0239. The molecule has 21 heavy (non-hydrogen) atoms. The summed E-state index contributed by atoms with van der Waals surface area (Å²) in [5.74, 6) is 1.29. The molecule has 3 atom stereocenters. The molecule has 2 N–H and O–H groups in total. The number of hydrogen-bond donors (Lipinski definition) is 2. The Bertz CT molecular complexity index is 490. The van der Waals surface area contributed by atoms with E-state index in [0.717, 1.165) is 25.3 Å². The van der Waals surface area contributed by atoms with Crippen LogP contribution in [0.5, 0.6) is 0 Å². The van der Waals surface area contributed by atoms with Crippen LogP contribution in [0.3, 0.4) is 0 Å². The molecule has 1 aromatic heterocycles. The van der Waals surface area contributed by atoms with Crippen LogP contribution in [0.4, 0.5) is 24.9 Å². The molecule has 1 aliphatic rings. The van der Waals surface area contributed by atoms with Gasteiger partial charge in [-0.3, -0.25) is 0 Å². The fraction of sp³-hybridized carbons (Fsp3) is 0.714. The molecule has 7 heteroatoms.